The van der Waals surface area contributed by atoms with E-state index in [9.17, 15) is 5.26 Å². The van der Waals surface area contributed by atoms with Gasteiger partial charge in [0.15, 0.2) is 0 Å². The lowest BCUT2D eigenvalue weighted by molar-refractivity contribution is 0.628. The molecule has 2 nitrogen and oxygen atoms in total. The summed E-state index contributed by atoms with van der Waals surface area (Å²) in [6.07, 6.45) is 1.37. The molecule has 0 saturated carbocycles. The Morgan fingerprint density at radius 2 is 1.95 bits per heavy atom. The van der Waals surface area contributed by atoms with Crippen LogP contribution in [0.3, 0.4) is 0 Å². The maximum absolute atomic E-state index is 9.63. The van der Waals surface area contributed by atoms with Crippen molar-refractivity contribution in [1.29, 1.82) is 5.26 Å². The third-order valence-corrected chi connectivity index (χ3v) is 4.30. The van der Waals surface area contributed by atoms with Crippen LogP contribution in [0.15, 0.2) is 46.9 Å². The maximum Gasteiger partial charge on any atom is 0.133 e. The number of fused-ring (bicyclic) bond motifs is 1. The van der Waals surface area contributed by atoms with Crippen molar-refractivity contribution in [3.05, 3.63) is 63.1 Å². The lowest BCUT2D eigenvalue weighted by Crippen LogP contribution is -2.37. The van der Waals surface area contributed by atoms with Gasteiger partial charge in [-0.3, -0.25) is 0 Å². The fraction of sp³-hybridized carbons (Fsp3) is 0.188. The molecule has 100 valence electrons. The second-order valence-electron chi connectivity index (χ2n) is 5.10. The van der Waals surface area contributed by atoms with Crippen molar-refractivity contribution in [2.24, 2.45) is 0 Å². The van der Waals surface area contributed by atoms with Crippen molar-refractivity contribution in [2.45, 2.75) is 18.4 Å². The van der Waals surface area contributed by atoms with Crippen LogP contribution < -0.4 is 5.32 Å². The largest absolute Gasteiger partial charge is 0.367 e. The van der Waals surface area contributed by atoms with Gasteiger partial charge in [-0.1, -0.05) is 39.7 Å². The van der Waals surface area contributed by atoms with Gasteiger partial charge < -0.3 is 5.32 Å². The van der Waals surface area contributed by atoms with Gasteiger partial charge in [0.05, 0.1) is 6.07 Å². The van der Waals surface area contributed by atoms with Crippen molar-refractivity contribution in [1.82, 2.24) is 0 Å². The number of nitrogens with one attached hydrogen (secondary N) is 1. The van der Waals surface area contributed by atoms with Crippen molar-refractivity contribution in [3.8, 4) is 6.07 Å². The van der Waals surface area contributed by atoms with Gasteiger partial charge in [-0.05, 0) is 41.5 Å². The maximum atomic E-state index is 9.63. The number of benzene rings is 2. The predicted octanol–water partition coefficient (Wildman–Crippen LogP) is 4.58. The molecule has 0 radical (unpaired) electrons. The van der Waals surface area contributed by atoms with E-state index in [1.165, 1.54) is 5.56 Å². The monoisotopic (exact) mass is 346 g/mol. The molecule has 1 aliphatic rings. The van der Waals surface area contributed by atoms with Crippen LogP contribution in [-0.2, 0) is 12.8 Å². The summed E-state index contributed by atoms with van der Waals surface area (Å²) in [6, 6.07) is 16.2. The molecule has 0 heterocycles. The van der Waals surface area contributed by atoms with Crippen LogP contribution in [0, 0.1) is 11.3 Å². The molecule has 4 heteroatoms. The summed E-state index contributed by atoms with van der Waals surface area (Å²) >= 11 is 9.48. The summed E-state index contributed by atoms with van der Waals surface area (Å²) in [5, 5.41) is 13.7. The molecule has 1 aliphatic carbocycles. The molecule has 0 saturated heterocycles. The van der Waals surface area contributed by atoms with Crippen LogP contribution in [-0.4, -0.2) is 5.54 Å². The van der Waals surface area contributed by atoms with E-state index in [1.807, 2.05) is 42.5 Å². The molecule has 0 amide bonds. The second kappa shape index (κ2) is 5.12. The topological polar surface area (TPSA) is 35.8 Å². The number of rotatable bonds is 2. The van der Waals surface area contributed by atoms with E-state index in [0.29, 0.717) is 12.8 Å². The van der Waals surface area contributed by atoms with Gasteiger partial charge in [0.2, 0.25) is 0 Å². The third-order valence-electron chi connectivity index (χ3n) is 3.58. The smallest absolute Gasteiger partial charge is 0.133 e. The van der Waals surface area contributed by atoms with Crippen LogP contribution in [0.1, 0.15) is 11.1 Å². The Morgan fingerprint density at radius 1 is 1.15 bits per heavy atom. The molecule has 0 spiro atoms. The third kappa shape index (κ3) is 2.54. The van der Waals surface area contributed by atoms with Gasteiger partial charge in [-0.2, -0.15) is 5.26 Å². The molecule has 0 aromatic heterocycles. The van der Waals surface area contributed by atoms with Crippen LogP contribution in [0.5, 0.6) is 0 Å². The minimum Gasteiger partial charge on any atom is -0.367 e. The lowest BCUT2D eigenvalue weighted by atomic mass is 9.97. The van der Waals surface area contributed by atoms with Gasteiger partial charge >= 0.3 is 0 Å². The number of hydrogen-bond acceptors (Lipinski definition) is 2. The molecular formula is C16H12BrClN2. The van der Waals surface area contributed by atoms with Crippen molar-refractivity contribution >= 4 is 33.2 Å². The average Bonchev–Trinajstić information content (AvgIpc) is 2.76. The Kier molecular flexibility index (Phi) is 3.45. The highest BCUT2D eigenvalue weighted by molar-refractivity contribution is 9.10. The minimum atomic E-state index is -0.589. The van der Waals surface area contributed by atoms with Gasteiger partial charge in [0.1, 0.15) is 5.54 Å². The van der Waals surface area contributed by atoms with E-state index < -0.39 is 5.54 Å². The van der Waals surface area contributed by atoms with Crippen LogP contribution >= 0.6 is 27.5 Å². The molecule has 2 aromatic rings. The first-order valence-electron chi connectivity index (χ1n) is 6.33. The summed E-state index contributed by atoms with van der Waals surface area (Å²) in [5.74, 6) is 0. The molecule has 1 unspecified atom stereocenters. The zero-order chi connectivity index (χ0) is 14.2. The predicted molar refractivity (Wildman–Crippen MR) is 85.0 cm³/mol. The van der Waals surface area contributed by atoms with Gasteiger partial charge in [-0.15, -0.1) is 0 Å². The summed E-state index contributed by atoms with van der Waals surface area (Å²) in [7, 11) is 0. The first-order chi connectivity index (χ1) is 9.60. The van der Waals surface area contributed by atoms with Crippen LogP contribution in [0.4, 0.5) is 5.69 Å². The molecule has 0 aliphatic heterocycles. The molecule has 0 bridgehead atoms. The van der Waals surface area contributed by atoms with Crippen molar-refractivity contribution < 1.29 is 0 Å². The fourth-order valence-corrected chi connectivity index (χ4v) is 3.28. The highest BCUT2D eigenvalue weighted by Crippen LogP contribution is 2.34. The Labute approximate surface area is 131 Å². The molecule has 2 aromatic carbocycles. The SMILES string of the molecule is N#CC1(Nc2cccc(Br)c2)Cc2ccc(Cl)cc2C1. The molecular weight excluding hydrogens is 336 g/mol. The number of nitriles is 1. The molecule has 20 heavy (non-hydrogen) atoms. The van der Waals surface area contributed by atoms with E-state index in [4.69, 9.17) is 11.6 Å². The molecule has 0 fully saturated rings. The van der Waals surface area contributed by atoms with E-state index in [2.05, 4.69) is 27.3 Å². The number of nitrogens with zero attached hydrogens (tertiary/aromatic N) is 1. The Balaban J connectivity index is 1.90. The van der Waals surface area contributed by atoms with Gasteiger partial charge in [-0.25, -0.2) is 0 Å². The summed E-state index contributed by atoms with van der Waals surface area (Å²) in [6.45, 7) is 0. The standard InChI is InChI=1S/C16H12BrClN2/c17-13-2-1-3-15(7-13)20-16(10-19)8-11-4-5-14(18)6-12(11)9-16/h1-7,20H,8-9H2. The van der Waals surface area contributed by atoms with Gasteiger partial charge in [0.25, 0.3) is 0 Å². The molecule has 1 atom stereocenters. The quantitative estimate of drug-likeness (QED) is 0.863. The van der Waals surface area contributed by atoms with Gasteiger partial charge in [0, 0.05) is 28.0 Å². The Bertz CT molecular complexity index is 708. The normalized spacial score (nSPS) is 20.2. The average molecular weight is 348 g/mol. The summed E-state index contributed by atoms with van der Waals surface area (Å²) in [4.78, 5) is 0. The van der Waals surface area contributed by atoms with E-state index in [0.717, 1.165) is 20.7 Å². The molecule has 3 rings (SSSR count). The first kappa shape index (κ1) is 13.5. The Hall–Kier alpha value is -1.50. The van der Waals surface area contributed by atoms with E-state index in [-0.39, 0.29) is 0 Å². The minimum absolute atomic E-state index is 0.589. The highest BCUT2D eigenvalue weighted by atomic mass is 79.9. The van der Waals surface area contributed by atoms with E-state index in [1.54, 1.807) is 0 Å². The molecule has 1 N–H and O–H groups in total. The zero-order valence-corrected chi connectivity index (χ0v) is 13.0. The van der Waals surface area contributed by atoms with Crippen LogP contribution in [0.2, 0.25) is 5.02 Å². The number of halogens is 2. The van der Waals surface area contributed by atoms with Crippen molar-refractivity contribution in [2.75, 3.05) is 5.32 Å². The number of anilines is 1. The summed E-state index contributed by atoms with van der Waals surface area (Å²) < 4.78 is 0.995. The second-order valence-corrected chi connectivity index (χ2v) is 6.45. The first-order valence-corrected chi connectivity index (χ1v) is 7.50. The Morgan fingerprint density at radius 3 is 2.70 bits per heavy atom. The van der Waals surface area contributed by atoms with Crippen LogP contribution in [0.25, 0.3) is 0 Å². The number of hydrogen-bond donors (Lipinski definition) is 1. The fourth-order valence-electron chi connectivity index (χ4n) is 2.68. The highest BCUT2D eigenvalue weighted by Gasteiger charge is 2.37. The van der Waals surface area contributed by atoms with E-state index >= 15 is 0 Å². The lowest BCUT2D eigenvalue weighted by Gasteiger charge is -2.23. The zero-order valence-electron chi connectivity index (χ0n) is 10.7. The van der Waals surface area contributed by atoms with Crippen molar-refractivity contribution in [3.63, 3.8) is 0 Å². The summed E-state index contributed by atoms with van der Waals surface area (Å²) in [5.41, 5.74) is 2.70.